The molecule has 0 atom stereocenters. The summed E-state index contributed by atoms with van der Waals surface area (Å²) in [5, 5.41) is 3.40. The first-order valence-electron chi connectivity index (χ1n) is 7.27. The van der Waals surface area contributed by atoms with Crippen molar-refractivity contribution in [3.63, 3.8) is 0 Å². The minimum atomic E-state index is 0.637. The molecule has 3 rings (SSSR count). The summed E-state index contributed by atoms with van der Waals surface area (Å²) in [5.41, 5.74) is 10.1. The molecule has 0 radical (unpaired) electrons. The van der Waals surface area contributed by atoms with Crippen LogP contribution in [0.5, 0.6) is 5.75 Å². The third kappa shape index (κ3) is 2.91. The lowest BCUT2D eigenvalue weighted by atomic mass is 9.96. The maximum Gasteiger partial charge on any atom is 0.133 e. The van der Waals surface area contributed by atoms with Crippen molar-refractivity contribution in [3.05, 3.63) is 41.3 Å². The van der Waals surface area contributed by atoms with Crippen molar-refractivity contribution in [2.75, 3.05) is 18.2 Å². The summed E-state index contributed by atoms with van der Waals surface area (Å²) in [7, 11) is 1.67. The summed E-state index contributed by atoms with van der Waals surface area (Å²) in [6.07, 6.45) is 6.16. The summed E-state index contributed by atoms with van der Waals surface area (Å²) in [5.74, 6) is 1.77. The number of ether oxygens (including phenoxy) is 1. The minimum absolute atomic E-state index is 0.637. The maximum atomic E-state index is 5.85. The molecule has 110 valence electrons. The van der Waals surface area contributed by atoms with Gasteiger partial charge in [-0.2, -0.15) is 0 Å². The van der Waals surface area contributed by atoms with Gasteiger partial charge in [-0.1, -0.05) is 0 Å². The first kappa shape index (κ1) is 13.7. The highest BCUT2D eigenvalue weighted by Crippen LogP contribution is 2.26. The number of hydrogen-bond donors (Lipinski definition) is 2. The molecule has 0 unspecified atom stereocenters. The predicted octanol–water partition coefficient (Wildman–Crippen LogP) is 2.56. The van der Waals surface area contributed by atoms with Crippen LogP contribution in [-0.4, -0.2) is 17.1 Å². The van der Waals surface area contributed by atoms with Gasteiger partial charge in [-0.25, -0.2) is 9.97 Å². The van der Waals surface area contributed by atoms with E-state index < -0.39 is 0 Å². The number of fused-ring (bicyclic) bond motifs is 1. The summed E-state index contributed by atoms with van der Waals surface area (Å²) in [6, 6.07) is 5.66. The Kier molecular flexibility index (Phi) is 3.90. The Morgan fingerprint density at radius 3 is 2.95 bits per heavy atom. The maximum absolute atomic E-state index is 5.85. The van der Waals surface area contributed by atoms with Crippen LogP contribution >= 0.6 is 0 Å². The second-order valence-electron chi connectivity index (χ2n) is 5.28. The average molecular weight is 284 g/mol. The van der Waals surface area contributed by atoms with Crippen LogP contribution in [-0.2, 0) is 19.4 Å². The van der Waals surface area contributed by atoms with Crippen molar-refractivity contribution in [2.24, 2.45) is 0 Å². The van der Waals surface area contributed by atoms with E-state index in [0.29, 0.717) is 6.54 Å². The second-order valence-corrected chi connectivity index (χ2v) is 5.28. The highest BCUT2D eigenvalue weighted by molar-refractivity contribution is 5.51. The zero-order valence-corrected chi connectivity index (χ0v) is 12.2. The Bertz CT molecular complexity index is 642. The Labute approximate surface area is 124 Å². The lowest BCUT2D eigenvalue weighted by molar-refractivity contribution is 0.410. The molecule has 1 aromatic heterocycles. The highest BCUT2D eigenvalue weighted by atomic mass is 16.5. The Morgan fingerprint density at radius 1 is 1.24 bits per heavy atom. The van der Waals surface area contributed by atoms with Crippen molar-refractivity contribution in [3.8, 4) is 5.75 Å². The monoisotopic (exact) mass is 284 g/mol. The molecule has 5 heteroatoms. The van der Waals surface area contributed by atoms with Gasteiger partial charge in [0, 0.05) is 29.1 Å². The molecule has 0 spiro atoms. The van der Waals surface area contributed by atoms with Crippen LogP contribution < -0.4 is 15.8 Å². The molecule has 21 heavy (non-hydrogen) atoms. The molecule has 0 fully saturated rings. The smallest absolute Gasteiger partial charge is 0.133 e. The van der Waals surface area contributed by atoms with Crippen LogP contribution in [0.25, 0.3) is 0 Å². The number of aryl methyl sites for hydroxylation is 1. The quantitative estimate of drug-likeness (QED) is 0.844. The molecule has 1 aliphatic rings. The van der Waals surface area contributed by atoms with E-state index in [9.17, 15) is 0 Å². The van der Waals surface area contributed by atoms with Gasteiger partial charge in [0.1, 0.15) is 17.9 Å². The fourth-order valence-corrected chi connectivity index (χ4v) is 2.79. The van der Waals surface area contributed by atoms with Gasteiger partial charge in [-0.3, -0.25) is 0 Å². The molecule has 3 N–H and O–H groups in total. The zero-order chi connectivity index (χ0) is 14.7. The average Bonchev–Trinajstić information content (AvgIpc) is 2.53. The first-order valence-corrected chi connectivity index (χ1v) is 7.27. The topological polar surface area (TPSA) is 73.1 Å². The molecule has 1 aliphatic carbocycles. The fourth-order valence-electron chi connectivity index (χ4n) is 2.79. The van der Waals surface area contributed by atoms with Gasteiger partial charge in [0.05, 0.1) is 7.11 Å². The standard InChI is InChI=1S/C16H20N4O/c1-21-15-7-6-12(17)8-11(15)9-18-16-13-4-2-3-5-14(13)19-10-20-16/h6-8,10H,2-5,9,17H2,1H3,(H,18,19,20). The van der Waals surface area contributed by atoms with E-state index in [4.69, 9.17) is 10.5 Å². The number of anilines is 2. The van der Waals surface area contributed by atoms with Gasteiger partial charge in [0.25, 0.3) is 0 Å². The summed E-state index contributed by atoms with van der Waals surface area (Å²) in [6.45, 7) is 0.637. The summed E-state index contributed by atoms with van der Waals surface area (Å²) >= 11 is 0. The number of aromatic nitrogens is 2. The van der Waals surface area contributed by atoms with E-state index in [1.165, 1.54) is 24.1 Å². The first-order chi connectivity index (χ1) is 10.3. The number of methoxy groups -OCH3 is 1. The largest absolute Gasteiger partial charge is 0.496 e. The van der Waals surface area contributed by atoms with Crippen molar-refractivity contribution in [1.82, 2.24) is 9.97 Å². The van der Waals surface area contributed by atoms with Gasteiger partial charge in [0.2, 0.25) is 0 Å². The number of hydrogen-bond acceptors (Lipinski definition) is 5. The summed E-state index contributed by atoms with van der Waals surface area (Å²) in [4.78, 5) is 8.78. The van der Waals surface area contributed by atoms with Gasteiger partial charge in [-0.05, 0) is 43.9 Å². The Balaban J connectivity index is 1.81. The second kappa shape index (κ2) is 5.99. The van der Waals surface area contributed by atoms with Gasteiger partial charge < -0.3 is 15.8 Å². The lowest BCUT2D eigenvalue weighted by Crippen LogP contribution is -2.12. The Morgan fingerprint density at radius 2 is 2.10 bits per heavy atom. The summed E-state index contributed by atoms with van der Waals surface area (Å²) < 4.78 is 5.37. The third-order valence-corrected chi connectivity index (χ3v) is 3.88. The van der Waals surface area contributed by atoms with E-state index in [1.807, 2.05) is 18.2 Å². The molecule has 0 bridgehead atoms. The van der Waals surface area contributed by atoms with Crippen LogP contribution in [0.2, 0.25) is 0 Å². The van der Waals surface area contributed by atoms with Crippen molar-refractivity contribution < 1.29 is 4.74 Å². The van der Waals surface area contributed by atoms with Gasteiger partial charge >= 0.3 is 0 Å². The minimum Gasteiger partial charge on any atom is -0.496 e. The normalized spacial score (nSPS) is 13.6. The number of rotatable bonds is 4. The highest BCUT2D eigenvalue weighted by Gasteiger charge is 2.15. The zero-order valence-electron chi connectivity index (χ0n) is 12.2. The number of nitrogens with one attached hydrogen (secondary N) is 1. The third-order valence-electron chi connectivity index (χ3n) is 3.88. The molecule has 0 saturated heterocycles. The molecule has 5 nitrogen and oxygen atoms in total. The van der Waals surface area contributed by atoms with E-state index in [2.05, 4.69) is 15.3 Å². The van der Waals surface area contributed by atoms with E-state index in [1.54, 1.807) is 13.4 Å². The van der Waals surface area contributed by atoms with Crippen LogP contribution in [0.4, 0.5) is 11.5 Å². The van der Waals surface area contributed by atoms with Crippen LogP contribution in [0, 0.1) is 0 Å². The van der Waals surface area contributed by atoms with Crippen LogP contribution in [0.3, 0.4) is 0 Å². The van der Waals surface area contributed by atoms with Crippen LogP contribution in [0.15, 0.2) is 24.5 Å². The van der Waals surface area contributed by atoms with E-state index >= 15 is 0 Å². The molecular weight excluding hydrogens is 264 g/mol. The molecule has 0 aliphatic heterocycles. The van der Waals surface area contributed by atoms with Crippen molar-refractivity contribution >= 4 is 11.5 Å². The molecule has 1 heterocycles. The van der Waals surface area contributed by atoms with Gasteiger partial charge in [-0.15, -0.1) is 0 Å². The number of nitrogens with zero attached hydrogens (tertiary/aromatic N) is 2. The van der Waals surface area contributed by atoms with Crippen LogP contribution in [0.1, 0.15) is 29.7 Å². The van der Waals surface area contributed by atoms with E-state index in [0.717, 1.165) is 35.7 Å². The molecule has 0 amide bonds. The Hall–Kier alpha value is -2.30. The number of benzene rings is 1. The SMILES string of the molecule is COc1ccc(N)cc1CNc1ncnc2c1CCCC2. The van der Waals surface area contributed by atoms with E-state index in [-0.39, 0.29) is 0 Å². The fraction of sp³-hybridized carbons (Fsp3) is 0.375. The van der Waals surface area contributed by atoms with Crippen molar-refractivity contribution in [1.29, 1.82) is 0 Å². The number of nitrogens with two attached hydrogens (primary N) is 1. The predicted molar refractivity (Wildman–Crippen MR) is 83.4 cm³/mol. The molecule has 0 saturated carbocycles. The molecule has 2 aromatic rings. The van der Waals surface area contributed by atoms with Crippen molar-refractivity contribution in [2.45, 2.75) is 32.2 Å². The molecule has 1 aromatic carbocycles. The molecular formula is C16H20N4O. The lowest BCUT2D eigenvalue weighted by Gasteiger charge is -2.18. The number of nitrogen functional groups attached to an aromatic ring is 1. The van der Waals surface area contributed by atoms with Gasteiger partial charge in [0.15, 0.2) is 0 Å².